The summed E-state index contributed by atoms with van der Waals surface area (Å²) < 4.78 is 16.0. The number of fused-ring (bicyclic) bond motifs is 3. The molecule has 0 spiro atoms. The second kappa shape index (κ2) is 6.61. The first-order valence-electron chi connectivity index (χ1n) is 9.78. The molecule has 1 atom stereocenters. The molecule has 0 saturated heterocycles. The number of aromatic nitrogens is 1. The van der Waals surface area contributed by atoms with E-state index in [9.17, 15) is 4.39 Å². The van der Waals surface area contributed by atoms with Gasteiger partial charge in [-0.1, -0.05) is 42.0 Å². The Morgan fingerprint density at radius 1 is 0.929 bits per heavy atom. The van der Waals surface area contributed by atoms with E-state index in [4.69, 9.17) is 0 Å². The fraction of sp³-hybridized carbons (Fsp3) is 0.200. The average molecular weight is 370 g/mol. The highest BCUT2D eigenvalue weighted by Crippen LogP contribution is 2.41. The zero-order chi connectivity index (χ0) is 19.3. The molecular weight excluding hydrogens is 347 g/mol. The van der Waals surface area contributed by atoms with Crippen LogP contribution < -0.4 is 0 Å². The molecule has 1 aliphatic heterocycles. The first kappa shape index (κ1) is 17.2. The standard InChI is InChI=1S/C25H23FN2/c1-17-8-13-23-22(16-17)21-14-15-27(2)24(18-6-4-3-5-7-18)25(21)28(23)20-11-9-19(26)10-12-20/h3-13,16,24H,14-15H2,1-2H3. The third kappa shape index (κ3) is 2.66. The van der Waals surface area contributed by atoms with Crippen molar-refractivity contribution < 1.29 is 4.39 Å². The summed E-state index contributed by atoms with van der Waals surface area (Å²) >= 11 is 0. The zero-order valence-corrected chi connectivity index (χ0v) is 16.2. The number of halogens is 1. The van der Waals surface area contributed by atoms with Gasteiger partial charge in [0.2, 0.25) is 0 Å². The number of hydrogen-bond acceptors (Lipinski definition) is 1. The van der Waals surface area contributed by atoms with Crippen molar-refractivity contribution in [1.29, 1.82) is 0 Å². The molecule has 0 N–H and O–H groups in total. The van der Waals surface area contributed by atoms with Gasteiger partial charge in [-0.25, -0.2) is 4.39 Å². The molecule has 4 aromatic rings. The van der Waals surface area contributed by atoms with Crippen molar-refractivity contribution in [2.45, 2.75) is 19.4 Å². The SMILES string of the molecule is Cc1ccc2c(c1)c1c(n2-c2ccc(F)cc2)C(c2ccccc2)N(C)CC1. The number of benzene rings is 3. The second-order valence-electron chi connectivity index (χ2n) is 7.74. The summed E-state index contributed by atoms with van der Waals surface area (Å²) in [4.78, 5) is 2.42. The second-order valence-corrected chi connectivity index (χ2v) is 7.74. The number of rotatable bonds is 2. The van der Waals surface area contributed by atoms with Crippen LogP contribution in [0, 0.1) is 12.7 Å². The summed E-state index contributed by atoms with van der Waals surface area (Å²) in [6, 6.07) is 24.4. The van der Waals surface area contributed by atoms with Crippen LogP contribution in [0.5, 0.6) is 0 Å². The van der Waals surface area contributed by atoms with Gasteiger partial charge < -0.3 is 4.57 Å². The summed E-state index contributed by atoms with van der Waals surface area (Å²) in [5.74, 6) is -0.207. The van der Waals surface area contributed by atoms with E-state index in [0.29, 0.717) is 0 Å². The van der Waals surface area contributed by atoms with Crippen molar-refractivity contribution in [3.63, 3.8) is 0 Å². The van der Waals surface area contributed by atoms with E-state index in [1.807, 2.05) is 12.1 Å². The Bertz CT molecular complexity index is 1140. The predicted molar refractivity (Wildman–Crippen MR) is 113 cm³/mol. The Morgan fingerprint density at radius 2 is 1.68 bits per heavy atom. The van der Waals surface area contributed by atoms with Crippen LogP contribution in [0.4, 0.5) is 4.39 Å². The number of nitrogens with zero attached hydrogens (tertiary/aromatic N) is 2. The van der Waals surface area contributed by atoms with E-state index in [1.165, 1.54) is 33.3 Å². The Morgan fingerprint density at radius 3 is 2.43 bits per heavy atom. The van der Waals surface area contributed by atoms with Crippen LogP contribution in [-0.4, -0.2) is 23.1 Å². The van der Waals surface area contributed by atoms with Crippen LogP contribution in [0.15, 0.2) is 72.8 Å². The van der Waals surface area contributed by atoms with E-state index in [1.54, 1.807) is 12.1 Å². The van der Waals surface area contributed by atoms with Crippen molar-refractivity contribution >= 4 is 10.9 Å². The number of aryl methyl sites for hydroxylation is 1. The Balaban J connectivity index is 1.86. The number of hydrogen-bond donors (Lipinski definition) is 0. The lowest BCUT2D eigenvalue weighted by Gasteiger charge is -2.34. The molecule has 0 saturated carbocycles. The minimum absolute atomic E-state index is 0.169. The zero-order valence-electron chi connectivity index (χ0n) is 16.2. The third-order valence-corrected chi connectivity index (χ3v) is 5.88. The summed E-state index contributed by atoms with van der Waals surface area (Å²) in [6.07, 6.45) is 1.02. The quantitative estimate of drug-likeness (QED) is 0.442. The lowest BCUT2D eigenvalue weighted by molar-refractivity contribution is 0.259. The first-order chi connectivity index (χ1) is 13.6. The largest absolute Gasteiger partial charge is 0.311 e. The van der Waals surface area contributed by atoms with Crippen LogP contribution in [0.2, 0.25) is 0 Å². The maximum absolute atomic E-state index is 13.6. The van der Waals surface area contributed by atoms with E-state index in [0.717, 1.165) is 18.7 Å². The molecule has 0 amide bonds. The van der Waals surface area contributed by atoms with Gasteiger partial charge >= 0.3 is 0 Å². The van der Waals surface area contributed by atoms with E-state index < -0.39 is 0 Å². The van der Waals surface area contributed by atoms with Gasteiger partial charge in [0, 0.05) is 23.3 Å². The molecule has 3 heteroatoms. The fourth-order valence-corrected chi connectivity index (χ4v) is 4.58. The first-order valence-corrected chi connectivity index (χ1v) is 9.78. The summed E-state index contributed by atoms with van der Waals surface area (Å²) in [5.41, 5.74) is 7.46. The molecule has 0 bridgehead atoms. The summed E-state index contributed by atoms with van der Waals surface area (Å²) in [7, 11) is 2.19. The van der Waals surface area contributed by atoms with Gasteiger partial charge in [-0.2, -0.15) is 0 Å². The lowest BCUT2D eigenvalue weighted by atomic mass is 9.92. The smallest absolute Gasteiger partial charge is 0.123 e. The molecule has 2 heterocycles. The summed E-state index contributed by atoms with van der Waals surface area (Å²) in [5, 5.41) is 1.31. The topological polar surface area (TPSA) is 8.17 Å². The van der Waals surface area contributed by atoms with Crippen molar-refractivity contribution in [3.05, 3.63) is 101 Å². The highest BCUT2D eigenvalue weighted by atomic mass is 19.1. The molecule has 0 fully saturated rings. The molecule has 140 valence electrons. The van der Waals surface area contributed by atoms with E-state index in [2.05, 4.69) is 72.0 Å². The maximum atomic E-state index is 13.6. The van der Waals surface area contributed by atoms with Gasteiger partial charge in [0.05, 0.1) is 11.6 Å². The van der Waals surface area contributed by atoms with Gasteiger partial charge in [-0.3, -0.25) is 4.90 Å². The molecule has 0 aliphatic carbocycles. The monoisotopic (exact) mass is 370 g/mol. The van der Waals surface area contributed by atoms with Crippen LogP contribution in [0.25, 0.3) is 16.6 Å². The molecule has 5 rings (SSSR count). The summed E-state index contributed by atoms with van der Waals surface area (Å²) in [6.45, 7) is 3.16. The molecule has 1 aliphatic rings. The van der Waals surface area contributed by atoms with Crippen LogP contribution >= 0.6 is 0 Å². The predicted octanol–water partition coefficient (Wildman–Crippen LogP) is 5.66. The van der Waals surface area contributed by atoms with E-state index in [-0.39, 0.29) is 11.9 Å². The molecule has 2 nitrogen and oxygen atoms in total. The van der Waals surface area contributed by atoms with Crippen molar-refractivity contribution in [3.8, 4) is 5.69 Å². The fourth-order valence-electron chi connectivity index (χ4n) is 4.58. The normalized spacial score (nSPS) is 17.0. The Labute approximate surface area is 164 Å². The van der Waals surface area contributed by atoms with Crippen LogP contribution in [-0.2, 0) is 6.42 Å². The number of likely N-dealkylation sites (N-methyl/N-ethyl adjacent to an activating group) is 1. The molecule has 1 unspecified atom stereocenters. The molecular formula is C25H23FN2. The minimum atomic E-state index is -0.207. The minimum Gasteiger partial charge on any atom is -0.311 e. The molecule has 1 aromatic heterocycles. The Hall–Kier alpha value is -2.91. The molecule has 3 aromatic carbocycles. The Kier molecular flexibility index (Phi) is 4.06. The van der Waals surface area contributed by atoms with Gasteiger partial charge in [0.15, 0.2) is 0 Å². The van der Waals surface area contributed by atoms with Crippen molar-refractivity contribution in [1.82, 2.24) is 9.47 Å². The van der Waals surface area contributed by atoms with Gasteiger partial charge in [-0.15, -0.1) is 0 Å². The van der Waals surface area contributed by atoms with Gasteiger partial charge in [-0.05, 0) is 67.9 Å². The van der Waals surface area contributed by atoms with Gasteiger partial charge in [0.25, 0.3) is 0 Å². The average Bonchev–Trinajstić information content (AvgIpc) is 3.02. The lowest BCUT2D eigenvalue weighted by Crippen LogP contribution is -2.34. The van der Waals surface area contributed by atoms with Gasteiger partial charge in [0.1, 0.15) is 5.82 Å². The van der Waals surface area contributed by atoms with Crippen molar-refractivity contribution in [2.24, 2.45) is 0 Å². The third-order valence-electron chi connectivity index (χ3n) is 5.88. The highest BCUT2D eigenvalue weighted by molar-refractivity contribution is 5.88. The maximum Gasteiger partial charge on any atom is 0.123 e. The van der Waals surface area contributed by atoms with E-state index >= 15 is 0 Å². The molecule has 0 radical (unpaired) electrons. The highest BCUT2D eigenvalue weighted by Gasteiger charge is 2.32. The van der Waals surface area contributed by atoms with Crippen LogP contribution in [0.3, 0.4) is 0 Å². The van der Waals surface area contributed by atoms with Crippen LogP contribution in [0.1, 0.15) is 28.4 Å². The van der Waals surface area contributed by atoms with Crippen molar-refractivity contribution in [2.75, 3.05) is 13.6 Å². The molecule has 28 heavy (non-hydrogen) atoms.